The zero-order valence-corrected chi connectivity index (χ0v) is 10.7. The highest BCUT2D eigenvalue weighted by Crippen LogP contribution is 2.23. The topological polar surface area (TPSA) is 52.3 Å². The van der Waals surface area contributed by atoms with E-state index in [0.29, 0.717) is 5.75 Å². The molecule has 1 aromatic rings. The first-order valence-corrected chi connectivity index (χ1v) is 6.26. The van der Waals surface area contributed by atoms with Crippen molar-refractivity contribution in [1.82, 2.24) is 0 Å². The lowest BCUT2D eigenvalue weighted by Crippen LogP contribution is -2.03. The lowest BCUT2D eigenvalue weighted by Gasteiger charge is -2.04. The lowest BCUT2D eigenvalue weighted by molar-refractivity contribution is -0.137. The first-order chi connectivity index (χ1) is 7.13. The van der Waals surface area contributed by atoms with Gasteiger partial charge < -0.3 is 10.5 Å². The molecule has 0 fully saturated rings. The SMILES string of the molecule is COC(=O)CSCc1ccc(N)cc1Br. The van der Waals surface area contributed by atoms with Gasteiger partial charge in [-0.25, -0.2) is 0 Å². The summed E-state index contributed by atoms with van der Waals surface area (Å²) in [6, 6.07) is 5.65. The average Bonchev–Trinajstić information content (AvgIpc) is 2.21. The fourth-order valence-electron chi connectivity index (χ4n) is 0.984. The molecule has 0 aliphatic carbocycles. The summed E-state index contributed by atoms with van der Waals surface area (Å²) in [6.07, 6.45) is 0. The van der Waals surface area contributed by atoms with E-state index < -0.39 is 0 Å². The maximum Gasteiger partial charge on any atom is 0.315 e. The van der Waals surface area contributed by atoms with Crippen LogP contribution in [0.4, 0.5) is 5.69 Å². The van der Waals surface area contributed by atoms with E-state index in [9.17, 15) is 4.79 Å². The monoisotopic (exact) mass is 289 g/mol. The number of esters is 1. The zero-order chi connectivity index (χ0) is 11.3. The maximum atomic E-state index is 10.9. The van der Waals surface area contributed by atoms with Gasteiger partial charge in [-0.2, -0.15) is 0 Å². The Morgan fingerprint density at radius 1 is 1.60 bits per heavy atom. The molecule has 5 heteroatoms. The number of benzene rings is 1. The maximum absolute atomic E-state index is 10.9. The smallest absolute Gasteiger partial charge is 0.315 e. The van der Waals surface area contributed by atoms with E-state index in [2.05, 4.69) is 20.7 Å². The van der Waals surface area contributed by atoms with Gasteiger partial charge in [-0.05, 0) is 17.7 Å². The van der Waals surface area contributed by atoms with Crippen LogP contribution < -0.4 is 5.73 Å². The molecule has 2 N–H and O–H groups in total. The van der Waals surface area contributed by atoms with Crippen LogP contribution in [0, 0.1) is 0 Å². The summed E-state index contributed by atoms with van der Waals surface area (Å²) in [6.45, 7) is 0. The van der Waals surface area contributed by atoms with Gasteiger partial charge in [-0.1, -0.05) is 22.0 Å². The molecule has 0 radical (unpaired) electrons. The van der Waals surface area contributed by atoms with Crippen LogP contribution in [-0.4, -0.2) is 18.8 Å². The van der Waals surface area contributed by atoms with Gasteiger partial charge in [-0.15, -0.1) is 11.8 Å². The number of halogens is 1. The van der Waals surface area contributed by atoms with E-state index in [4.69, 9.17) is 5.73 Å². The number of thioether (sulfide) groups is 1. The van der Waals surface area contributed by atoms with Gasteiger partial charge in [0.15, 0.2) is 0 Å². The molecule has 0 heterocycles. The van der Waals surface area contributed by atoms with Crippen molar-refractivity contribution >= 4 is 39.3 Å². The summed E-state index contributed by atoms with van der Waals surface area (Å²) >= 11 is 4.94. The summed E-state index contributed by atoms with van der Waals surface area (Å²) in [5.41, 5.74) is 7.46. The van der Waals surface area contributed by atoms with E-state index in [0.717, 1.165) is 21.5 Å². The molecule has 0 bridgehead atoms. The summed E-state index contributed by atoms with van der Waals surface area (Å²) in [7, 11) is 1.39. The third-order valence-corrected chi connectivity index (χ3v) is 3.48. The second kappa shape index (κ2) is 6.02. The second-order valence-electron chi connectivity index (χ2n) is 2.92. The van der Waals surface area contributed by atoms with Gasteiger partial charge in [-0.3, -0.25) is 4.79 Å². The summed E-state index contributed by atoms with van der Waals surface area (Å²) in [5, 5.41) is 0. The number of hydrogen-bond donors (Lipinski definition) is 1. The molecule has 0 aliphatic heterocycles. The van der Waals surface area contributed by atoms with E-state index >= 15 is 0 Å². The number of nitrogens with two attached hydrogens (primary N) is 1. The molecular formula is C10H12BrNO2S. The average molecular weight is 290 g/mol. The van der Waals surface area contributed by atoms with E-state index in [-0.39, 0.29) is 5.97 Å². The largest absolute Gasteiger partial charge is 0.468 e. The Kier molecular flexibility index (Phi) is 4.98. The molecule has 0 spiro atoms. The van der Waals surface area contributed by atoms with Gasteiger partial charge in [0.2, 0.25) is 0 Å². The molecule has 82 valence electrons. The molecular weight excluding hydrogens is 278 g/mol. The number of nitrogen functional groups attached to an aromatic ring is 1. The second-order valence-corrected chi connectivity index (χ2v) is 4.76. The minimum absolute atomic E-state index is 0.202. The Hall–Kier alpha value is -0.680. The normalized spacial score (nSPS) is 10.0. The van der Waals surface area contributed by atoms with Gasteiger partial charge in [0.25, 0.3) is 0 Å². The molecule has 0 saturated heterocycles. The first kappa shape index (κ1) is 12.4. The van der Waals surface area contributed by atoms with Crippen LogP contribution in [0.5, 0.6) is 0 Å². The Morgan fingerprint density at radius 3 is 2.93 bits per heavy atom. The Morgan fingerprint density at radius 2 is 2.33 bits per heavy atom. The number of hydrogen-bond acceptors (Lipinski definition) is 4. The van der Waals surface area contributed by atoms with Gasteiger partial charge in [0, 0.05) is 15.9 Å². The van der Waals surface area contributed by atoms with E-state index in [1.807, 2.05) is 18.2 Å². The van der Waals surface area contributed by atoms with Crippen LogP contribution in [-0.2, 0) is 15.3 Å². The number of carbonyl (C=O) groups excluding carboxylic acids is 1. The summed E-state index contributed by atoms with van der Waals surface area (Å²) < 4.78 is 5.52. The van der Waals surface area contributed by atoms with Gasteiger partial charge >= 0.3 is 5.97 Å². The number of anilines is 1. The number of rotatable bonds is 4. The highest BCUT2D eigenvalue weighted by Gasteiger charge is 2.03. The van der Waals surface area contributed by atoms with Crippen LogP contribution in [0.2, 0.25) is 0 Å². The highest BCUT2D eigenvalue weighted by molar-refractivity contribution is 9.10. The van der Waals surface area contributed by atoms with E-state index in [1.54, 1.807) is 0 Å². The third kappa shape index (κ3) is 4.13. The van der Waals surface area contributed by atoms with Crippen molar-refractivity contribution in [3.8, 4) is 0 Å². The molecule has 1 rings (SSSR count). The lowest BCUT2D eigenvalue weighted by atomic mass is 10.2. The van der Waals surface area contributed by atoms with Crippen molar-refractivity contribution < 1.29 is 9.53 Å². The fraction of sp³-hybridized carbons (Fsp3) is 0.300. The highest BCUT2D eigenvalue weighted by atomic mass is 79.9. The van der Waals surface area contributed by atoms with Crippen LogP contribution in [0.1, 0.15) is 5.56 Å². The minimum atomic E-state index is -0.202. The number of ether oxygens (including phenoxy) is 1. The Bertz CT molecular complexity index is 357. The molecule has 0 atom stereocenters. The van der Waals surface area contributed by atoms with Crippen molar-refractivity contribution in [2.24, 2.45) is 0 Å². The molecule has 1 aromatic carbocycles. The van der Waals surface area contributed by atoms with Crippen molar-refractivity contribution in [1.29, 1.82) is 0 Å². The predicted octanol–water partition coefficient (Wildman–Crippen LogP) is 2.44. The van der Waals surface area contributed by atoms with Crippen LogP contribution in [0.3, 0.4) is 0 Å². The van der Waals surface area contributed by atoms with Crippen LogP contribution >= 0.6 is 27.7 Å². The predicted molar refractivity (Wildman–Crippen MR) is 66.7 cm³/mol. The van der Waals surface area contributed by atoms with Crippen LogP contribution in [0.25, 0.3) is 0 Å². The summed E-state index contributed by atoms with van der Waals surface area (Å²) in [5.74, 6) is 0.926. The van der Waals surface area contributed by atoms with Crippen molar-refractivity contribution in [3.05, 3.63) is 28.2 Å². The number of carbonyl (C=O) groups is 1. The van der Waals surface area contributed by atoms with Crippen LogP contribution in [0.15, 0.2) is 22.7 Å². The molecule has 3 nitrogen and oxygen atoms in total. The van der Waals surface area contributed by atoms with Crippen molar-refractivity contribution in [3.63, 3.8) is 0 Å². The third-order valence-electron chi connectivity index (χ3n) is 1.78. The number of methoxy groups -OCH3 is 1. The van der Waals surface area contributed by atoms with Crippen molar-refractivity contribution in [2.75, 3.05) is 18.6 Å². The Labute approximate surface area is 101 Å². The summed E-state index contributed by atoms with van der Waals surface area (Å²) in [4.78, 5) is 10.9. The molecule has 0 aliphatic rings. The molecule has 0 aromatic heterocycles. The van der Waals surface area contributed by atoms with Gasteiger partial charge in [0.05, 0.1) is 12.9 Å². The molecule has 0 amide bonds. The molecule has 0 saturated carbocycles. The Balaban J connectivity index is 2.47. The minimum Gasteiger partial charge on any atom is -0.468 e. The van der Waals surface area contributed by atoms with Crippen molar-refractivity contribution in [2.45, 2.75) is 5.75 Å². The molecule has 0 unspecified atom stereocenters. The standard InChI is InChI=1S/C10H12BrNO2S/c1-14-10(13)6-15-5-7-2-3-8(12)4-9(7)11/h2-4H,5-6,12H2,1H3. The van der Waals surface area contributed by atoms with Gasteiger partial charge in [0.1, 0.15) is 0 Å². The first-order valence-electron chi connectivity index (χ1n) is 4.32. The quantitative estimate of drug-likeness (QED) is 0.683. The zero-order valence-electron chi connectivity index (χ0n) is 8.33. The van der Waals surface area contributed by atoms with E-state index in [1.165, 1.54) is 18.9 Å². The molecule has 15 heavy (non-hydrogen) atoms. The fourth-order valence-corrected chi connectivity index (χ4v) is 2.56.